The average Bonchev–Trinajstić information content (AvgIpc) is 3.36. The minimum atomic E-state index is -0.774. The number of phenols is 1. The molecule has 0 radical (unpaired) electrons. The summed E-state index contributed by atoms with van der Waals surface area (Å²) in [5.74, 6) is -0.509. The average molecular weight is 747 g/mol. The fraction of sp³-hybridized carbons (Fsp3) is 0.314. The van der Waals surface area contributed by atoms with Crippen LogP contribution in [0.3, 0.4) is 0 Å². The zero-order chi connectivity index (χ0) is 35.8. The number of Topliss-reactive ketones (excluding diaryl/α,β-unsaturated/α-hetero) is 1. The molecule has 7 rings (SSSR count). The summed E-state index contributed by atoms with van der Waals surface area (Å²) in [6, 6.07) is 5.78. The van der Waals surface area contributed by atoms with E-state index in [4.69, 9.17) is 14.2 Å². The summed E-state index contributed by atoms with van der Waals surface area (Å²) < 4.78 is 21.6. The van der Waals surface area contributed by atoms with Gasteiger partial charge in [0.05, 0.1) is 49.4 Å². The first kappa shape index (κ1) is 33.1. The quantitative estimate of drug-likeness (QED) is 0.220. The molecule has 0 unspecified atom stereocenters. The zero-order valence-electron chi connectivity index (χ0n) is 27.8. The Labute approximate surface area is 292 Å². The van der Waals surface area contributed by atoms with E-state index in [0.29, 0.717) is 43.7 Å². The van der Waals surface area contributed by atoms with Crippen molar-refractivity contribution in [2.45, 2.75) is 44.8 Å². The summed E-state index contributed by atoms with van der Waals surface area (Å²) in [5.41, 5.74) is 1.60. The van der Waals surface area contributed by atoms with Crippen LogP contribution in [-0.4, -0.2) is 61.5 Å². The number of carbonyl (C=O) groups is 2. The van der Waals surface area contributed by atoms with E-state index in [1.54, 1.807) is 38.2 Å². The van der Waals surface area contributed by atoms with Crippen LogP contribution >= 0.6 is 15.9 Å². The largest absolute Gasteiger partial charge is 0.503 e. The van der Waals surface area contributed by atoms with Crippen LogP contribution < -0.4 is 31.1 Å². The van der Waals surface area contributed by atoms with Gasteiger partial charge in [-0.3, -0.25) is 14.4 Å². The number of benzene rings is 2. The Kier molecular flexibility index (Phi) is 8.04. The van der Waals surface area contributed by atoms with E-state index in [-0.39, 0.29) is 71.4 Å². The lowest BCUT2D eigenvalue weighted by Crippen LogP contribution is -2.40. The molecule has 2 aromatic heterocycles. The molecule has 2 atom stereocenters. The highest BCUT2D eigenvalue weighted by Gasteiger charge is 2.45. The molecule has 4 aromatic rings. The second kappa shape index (κ2) is 12.2. The second-order valence-electron chi connectivity index (χ2n) is 12.3. The van der Waals surface area contributed by atoms with E-state index in [1.807, 2.05) is 6.08 Å². The molecule has 0 fully saturated rings. The first-order chi connectivity index (χ1) is 23.9. The second-order valence-corrected chi connectivity index (χ2v) is 13.2. The first-order valence-electron chi connectivity index (χ1n) is 15.7. The number of aromatic hydroxyl groups is 1. The third kappa shape index (κ3) is 4.89. The number of ketones is 2. The number of aryl methyl sites for hydroxylation is 2. The predicted octanol–water partition coefficient (Wildman–Crippen LogP) is 2.86. The number of rotatable bonds is 7. The van der Waals surface area contributed by atoms with Crippen LogP contribution in [0.5, 0.6) is 23.0 Å². The van der Waals surface area contributed by atoms with Gasteiger partial charge >= 0.3 is 11.4 Å². The Hall–Kier alpha value is -5.44. The number of allylic oxidation sites excluding steroid dienone is 6. The maximum Gasteiger partial charge on any atom is 0.347 e. The summed E-state index contributed by atoms with van der Waals surface area (Å²) in [4.78, 5) is 72.9. The summed E-state index contributed by atoms with van der Waals surface area (Å²) in [5, 5.41) is 10.5. The number of phenolic OH excluding ortho intramolecular Hbond substituents is 1. The molecule has 3 heterocycles. The molecule has 14 nitrogen and oxygen atoms in total. The van der Waals surface area contributed by atoms with E-state index in [0.717, 1.165) is 4.57 Å². The van der Waals surface area contributed by atoms with Gasteiger partial charge in [-0.15, -0.1) is 0 Å². The molecule has 2 aromatic carbocycles. The number of carbonyl (C=O) groups excluding carboxylic acids is 2. The van der Waals surface area contributed by atoms with E-state index in [2.05, 4.69) is 20.9 Å². The molecule has 1 aliphatic heterocycles. The number of ether oxygens (including phenoxy) is 3. The molecular weight excluding hydrogens is 714 g/mol. The topological polar surface area (TPSA) is 166 Å². The van der Waals surface area contributed by atoms with Gasteiger partial charge in [-0.1, -0.05) is 6.08 Å². The van der Waals surface area contributed by atoms with Crippen molar-refractivity contribution in [3.8, 4) is 23.0 Å². The summed E-state index contributed by atoms with van der Waals surface area (Å²) in [6.07, 6.45) is 3.13. The molecule has 0 saturated carbocycles. The molecule has 15 heteroatoms. The minimum absolute atomic E-state index is 0.0166. The maximum absolute atomic E-state index is 14.1. The summed E-state index contributed by atoms with van der Waals surface area (Å²) >= 11 is 3.37. The third-order valence-corrected chi connectivity index (χ3v) is 10.3. The van der Waals surface area contributed by atoms with Crippen molar-refractivity contribution in [1.82, 2.24) is 23.5 Å². The van der Waals surface area contributed by atoms with Gasteiger partial charge in [0.25, 0.3) is 5.56 Å². The number of methoxy groups -OCH3 is 3. The SMILES string of the molecule is COc1cc2nc(CCn3c(=O)n4n(c3=O)[C@@H]3CC5=C(C(=O)C=C(C)C5=O)[C@@H](c5cc(Br)c(O)c(OC)c5)C3=CC4)c(=O)n(C)c2cc1OC. The Morgan fingerprint density at radius 3 is 2.36 bits per heavy atom. The van der Waals surface area contributed by atoms with Crippen LogP contribution in [0.2, 0.25) is 0 Å². The molecule has 1 N–H and O–H groups in total. The van der Waals surface area contributed by atoms with Crippen LogP contribution in [0, 0.1) is 0 Å². The maximum atomic E-state index is 14.1. The monoisotopic (exact) mass is 745 g/mol. The van der Waals surface area contributed by atoms with E-state index in [1.165, 1.54) is 41.3 Å². The van der Waals surface area contributed by atoms with Gasteiger partial charge in [0.1, 0.15) is 5.69 Å². The van der Waals surface area contributed by atoms with Gasteiger partial charge in [0, 0.05) is 61.2 Å². The van der Waals surface area contributed by atoms with Gasteiger partial charge in [0.2, 0.25) is 0 Å². The van der Waals surface area contributed by atoms with Gasteiger partial charge in [0.15, 0.2) is 34.6 Å². The van der Waals surface area contributed by atoms with Crippen LogP contribution in [0.4, 0.5) is 0 Å². The molecule has 258 valence electrons. The Balaban J connectivity index is 1.31. The van der Waals surface area contributed by atoms with Crippen LogP contribution in [0.15, 0.2) is 77.6 Å². The van der Waals surface area contributed by atoms with Crippen LogP contribution in [0.1, 0.15) is 36.6 Å². The highest BCUT2D eigenvalue weighted by Crippen LogP contribution is 2.51. The fourth-order valence-corrected chi connectivity index (χ4v) is 7.74. The van der Waals surface area contributed by atoms with Crippen molar-refractivity contribution in [3.05, 3.63) is 106 Å². The number of hydrogen-bond acceptors (Lipinski definition) is 10. The lowest BCUT2D eigenvalue weighted by Gasteiger charge is -2.39. The van der Waals surface area contributed by atoms with Crippen molar-refractivity contribution in [1.29, 1.82) is 0 Å². The first-order valence-corrected chi connectivity index (χ1v) is 16.5. The molecular formula is C35H32BrN5O9. The predicted molar refractivity (Wildman–Crippen MR) is 184 cm³/mol. The van der Waals surface area contributed by atoms with E-state index in [9.17, 15) is 29.1 Å². The molecule has 3 aliphatic rings. The van der Waals surface area contributed by atoms with Crippen molar-refractivity contribution < 1.29 is 28.9 Å². The summed E-state index contributed by atoms with van der Waals surface area (Å²) in [7, 11) is 5.99. The minimum Gasteiger partial charge on any atom is -0.503 e. The van der Waals surface area contributed by atoms with Crippen LogP contribution in [0.25, 0.3) is 11.0 Å². The van der Waals surface area contributed by atoms with Crippen LogP contribution in [-0.2, 0) is 36.1 Å². The number of hydrogen-bond donors (Lipinski definition) is 1. The van der Waals surface area contributed by atoms with Gasteiger partial charge in [-0.2, -0.15) is 0 Å². The van der Waals surface area contributed by atoms with E-state index >= 15 is 0 Å². The van der Waals surface area contributed by atoms with Gasteiger partial charge < -0.3 is 23.9 Å². The molecule has 0 spiro atoms. The Bertz CT molecular complexity index is 2460. The van der Waals surface area contributed by atoms with Crippen molar-refractivity contribution in [2.24, 2.45) is 7.05 Å². The van der Waals surface area contributed by atoms with Crippen molar-refractivity contribution >= 4 is 38.5 Å². The number of fused-ring (bicyclic) bond motifs is 4. The lowest BCUT2D eigenvalue weighted by molar-refractivity contribution is -0.116. The smallest absolute Gasteiger partial charge is 0.347 e. The molecule has 50 heavy (non-hydrogen) atoms. The zero-order valence-corrected chi connectivity index (χ0v) is 29.4. The number of aromatic nitrogens is 5. The van der Waals surface area contributed by atoms with Gasteiger partial charge in [-0.05, 0) is 52.2 Å². The third-order valence-electron chi connectivity index (χ3n) is 9.73. The normalized spacial score (nSPS) is 18.4. The highest BCUT2D eigenvalue weighted by molar-refractivity contribution is 9.10. The Morgan fingerprint density at radius 1 is 0.960 bits per heavy atom. The standard InChI is InChI=1S/C35H32BrN5O9/c1-16-10-25(42)30-19(31(16)43)13-23-18(29(30)17-11-20(36)32(44)28(12-17)50-5)6-9-40-34(46)39(35(47)41(23)40)8-7-21-33(45)38(2)24-15-27(49-4)26(48-3)14-22(24)37-21/h6,10-12,14-15,23,29,44H,7-9,13H2,1-5H3/t23-,29+/m1/s1. The summed E-state index contributed by atoms with van der Waals surface area (Å²) in [6.45, 7) is 1.46. The Morgan fingerprint density at radius 2 is 1.66 bits per heavy atom. The highest BCUT2D eigenvalue weighted by atomic mass is 79.9. The molecule has 0 saturated heterocycles. The van der Waals surface area contributed by atoms with Crippen molar-refractivity contribution in [3.63, 3.8) is 0 Å². The van der Waals surface area contributed by atoms with Crippen molar-refractivity contribution in [2.75, 3.05) is 21.3 Å². The van der Waals surface area contributed by atoms with Gasteiger partial charge in [-0.25, -0.2) is 28.5 Å². The van der Waals surface area contributed by atoms with E-state index < -0.39 is 23.3 Å². The fourth-order valence-electron chi connectivity index (χ4n) is 7.28. The number of nitrogens with zero attached hydrogens (tertiary/aromatic N) is 5. The molecule has 0 amide bonds. The number of halogens is 1. The molecule has 0 bridgehead atoms. The lowest BCUT2D eigenvalue weighted by atomic mass is 9.68. The molecule has 2 aliphatic carbocycles.